The zero-order valence-corrected chi connectivity index (χ0v) is 15.7. The summed E-state index contributed by atoms with van der Waals surface area (Å²) in [6, 6.07) is 4.76. The monoisotopic (exact) mass is 401 g/mol. The number of ether oxygens (including phenoxy) is 5. The third kappa shape index (κ3) is 2.77. The van der Waals surface area contributed by atoms with Crippen molar-refractivity contribution in [2.75, 3.05) is 27.1 Å². The zero-order chi connectivity index (χ0) is 20.2. The Morgan fingerprint density at radius 1 is 1.10 bits per heavy atom. The lowest BCUT2D eigenvalue weighted by Crippen LogP contribution is -2.39. The minimum Gasteiger partial charge on any atom is -0.478 e. The third-order valence-corrected chi connectivity index (χ3v) is 5.60. The Morgan fingerprint density at radius 3 is 2.52 bits per heavy atom. The molecular weight excluding hydrogens is 382 g/mol. The second-order valence-electron chi connectivity index (χ2n) is 7.12. The predicted octanol–water partition coefficient (Wildman–Crippen LogP) is 2.06. The van der Waals surface area contributed by atoms with Gasteiger partial charge in [-0.1, -0.05) is 0 Å². The van der Waals surface area contributed by atoms with Gasteiger partial charge in [0.05, 0.1) is 37.1 Å². The lowest BCUT2D eigenvalue weighted by Gasteiger charge is -2.33. The van der Waals surface area contributed by atoms with Gasteiger partial charge in [0.1, 0.15) is 0 Å². The highest BCUT2D eigenvalue weighted by Crippen LogP contribution is 2.43. The van der Waals surface area contributed by atoms with Crippen LogP contribution in [0.5, 0.6) is 11.5 Å². The van der Waals surface area contributed by atoms with Crippen LogP contribution in [0.25, 0.3) is 11.3 Å². The van der Waals surface area contributed by atoms with Gasteiger partial charge in [0.15, 0.2) is 17.3 Å². The molecule has 1 N–H and O–H groups in total. The van der Waals surface area contributed by atoms with Gasteiger partial charge in [-0.3, -0.25) is 0 Å². The summed E-state index contributed by atoms with van der Waals surface area (Å²) in [7, 11) is 1.32. The smallest absolute Gasteiger partial charge is 0.339 e. The summed E-state index contributed by atoms with van der Waals surface area (Å²) in [5, 5.41) is 9.75. The highest BCUT2D eigenvalue weighted by Gasteiger charge is 2.43. The maximum Gasteiger partial charge on any atom is 0.339 e. The summed E-state index contributed by atoms with van der Waals surface area (Å²) in [4.78, 5) is 24.4. The molecule has 0 aliphatic carbocycles. The molecule has 3 aliphatic heterocycles. The maximum atomic E-state index is 12.5. The van der Waals surface area contributed by atoms with Gasteiger partial charge in [-0.05, 0) is 18.2 Å². The first kappa shape index (κ1) is 18.0. The first-order valence-corrected chi connectivity index (χ1v) is 9.27. The molecule has 0 atom stereocenters. The Balaban J connectivity index is 1.69. The minimum absolute atomic E-state index is 0.0364. The van der Waals surface area contributed by atoms with Crippen molar-refractivity contribution in [3.8, 4) is 22.8 Å². The van der Waals surface area contributed by atoms with Crippen LogP contribution in [0.4, 0.5) is 0 Å². The molecule has 1 spiro atoms. The van der Waals surface area contributed by atoms with Gasteiger partial charge in [-0.25, -0.2) is 9.59 Å². The molecule has 152 valence electrons. The van der Waals surface area contributed by atoms with Crippen LogP contribution in [-0.4, -0.2) is 54.5 Å². The van der Waals surface area contributed by atoms with Crippen LogP contribution < -0.4 is 9.47 Å². The van der Waals surface area contributed by atoms with Crippen molar-refractivity contribution >= 4 is 11.9 Å². The Bertz CT molecular complexity index is 1020. The van der Waals surface area contributed by atoms with E-state index in [0.717, 1.165) is 0 Å². The number of rotatable bonds is 3. The van der Waals surface area contributed by atoms with Gasteiger partial charge < -0.3 is 33.4 Å². The lowest BCUT2D eigenvalue weighted by molar-refractivity contribution is -0.169. The van der Waals surface area contributed by atoms with E-state index in [2.05, 4.69) is 0 Å². The standard InChI is InChI=1S/C20H19NO8/c1-25-19(24)13-6-14(21-3-2-20(9-15(13)21)28-4-5-29-20)11-7-16-17(27-10-26-16)8-12(11)18(22)23/h6-8H,2-5,9-10H2,1H3,(H,22,23). The summed E-state index contributed by atoms with van der Waals surface area (Å²) >= 11 is 0. The fourth-order valence-electron chi connectivity index (χ4n) is 4.24. The molecule has 5 rings (SSSR count). The molecule has 9 heteroatoms. The van der Waals surface area contributed by atoms with Gasteiger partial charge in [0.25, 0.3) is 0 Å². The van der Waals surface area contributed by atoms with E-state index in [0.29, 0.717) is 66.6 Å². The number of hydrogen-bond donors (Lipinski definition) is 1. The van der Waals surface area contributed by atoms with Crippen molar-refractivity contribution in [2.45, 2.75) is 25.2 Å². The van der Waals surface area contributed by atoms with Crippen LogP contribution in [0, 0.1) is 0 Å². The first-order chi connectivity index (χ1) is 14.0. The number of aromatic carboxylic acids is 1. The lowest BCUT2D eigenvalue weighted by atomic mass is 10.00. The molecule has 0 bridgehead atoms. The van der Waals surface area contributed by atoms with E-state index in [1.54, 1.807) is 12.1 Å². The number of esters is 1. The summed E-state index contributed by atoms with van der Waals surface area (Å²) in [5.74, 6) is -1.49. The Hall–Kier alpha value is -3.04. The molecule has 0 saturated carbocycles. The maximum absolute atomic E-state index is 12.5. The van der Waals surface area contributed by atoms with Gasteiger partial charge in [0, 0.05) is 30.6 Å². The number of carboxylic acid groups (broad SMARTS) is 1. The molecule has 9 nitrogen and oxygen atoms in total. The molecule has 1 fully saturated rings. The van der Waals surface area contributed by atoms with Gasteiger partial charge in [-0.2, -0.15) is 0 Å². The van der Waals surface area contributed by atoms with Gasteiger partial charge in [-0.15, -0.1) is 0 Å². The molecule has 1 saturated heterocycles. The van der Waals surface area contributed by atoms with E-state index < -0.39 is 17.7 Å². The fourth-order valence-corrected chi connectivity index (χ4v) is 4.24. The summed E-state index contributed by atoms with van der Waals surface area (Å²) < 4.78 is 29.3. The van der Waals surface area contributed by atoms with Crippen LogP contribution in [0.3, 0.4) is 0 Å². The van der Waals surface area contributed by atoms with Crippen molar-refractivity contribution in [3.63, 3.8) is 0 Å². The SMILES string of the molecule is COC(=O)c1cc(-c2cc3c(cc2C(=O)O)OCO3)n2c1CC1(CC2)OCCO1. The second-order valence-corrected chi connectivity index (χ2v) is 7.12. The van der Waals surface area contributed by atoms with Crippen molar-refractivity contribution in [2.24, 2.45) is 0 Å². The average Bonchev–Trinajstić information content (AvgIpc) is 3.44. The van der Waals surface area contributed by atoms with Crippen LogP contribution in [0.15, 0.2) is 18.2 Å². The Kier molecular flexibility index (Phi) is 4.04. The Morgan fingerprint density at radius 2 is 1.83 bits per heavy atom. The number of methoxy groups -OCH3 is 1. The molecule has 1 aromatic carbocycles. The minimum atomic E-state index is -1.09. The summed E-state index contributed by atoms with van der Waals surface area (Å²) in [6.45, 7) is 1.56. The highest BCUT2D eigenvalue weighted by molar-refractivity contribution is 5.99. The second kappa shape index (κ2) is 6.50. The topological polar surface area (TPSA) is 105 Å². The van der Waals surface area contributed by atoms with Crippen LogP contribution in [0.2, 0.25) is 0 Å². The van der Waals surface area contributed by atoms with E-state index in [-0.39, 0.29) is 12.4 Å². The van der Waals surface area contributed by atoms with Crippen LogP contribution in [-0.2, 0) is 27.2 Å². The normalized spacial score (nSPS) is 18.7. The quantitative estimate of drug-likeness (QED) is 0.779. The molecule has 29 heavy (non-hydrogen) atoms. The van der Waals surface area contributed by atoms with Crippen molar-refractivity contribution in [3.05, 3.63) is 35.0 Å². The molecule has 3 aliphatic rings. The number of carbonyl (C=O) groups is 2. The molecule has 1 aromatic heterocycles. The molecule has 0 unspecified atom stereocenters. The molecule has 2 aromatic rings. The van der Waals surface area contributed by atoms with E-state index in [9.17, 15) is 14.7 Å². The van der Waals surface area contributed by atoms with Gasteiger partial charge >= 0.3 is 11.9 Å². The van der Waals surface area contributed by atoms with Crippen LogP contribution in [0.1, 0.15) is 32.8 Å². The molecular formula is C20H19NO8. The fraction of sp³-hybridized carbons (Fsp3) is 0.400. The van der Waals surface area contributed by atoms with Crippen molar-refractivity contribution in [1.82, 2.24) is 4.57 Å². The first-order valence-electron chi connectivity index (χ1n) is 9.27. The van der Waals surface area contributed by atoms with E-state index >= 15 is 0 Å². The number of fused-ring (bicyclic) bond motifs is 2. The summed E-state index contributed by atoms with van der Waals surface area (Å²) in [6.07, 6.45) is 0.972. The molecule has 0 amide bonds. The molecule has 0 radical (unpaired) electrons. The number of carboxylic acids is 1. The van der Waals surface area contributed by atoms with Crippen molar-refractivity contribution < 1.29 is 38.4 Å². The third-order valence-electron chi connectivity index (χ3n) is 5.60. The highest BCUT2D eigenvalue weighted by atomic mass is 16.7. The zero-order valence-electron chi connectivity index (χ0n) is 15.7. The Labute approximate surface area is 165 Å². The van der Waals surface area contributed by atoms with E-state index in [1.807, 2.05) is 4.57 Å². The summed E-state index contributed by atoms with van der Waals surface area (Å²) in [5.41, 5.74) is 2.19. The number of hydrogen-bond acceptors (Lipinski definition) is 7. The van der Waals surface area contributed by atoms with Crippen LogP contribution >= 0.6 is 0 Å². The number of benzene rings is 1. The average molecular weight is 401 g/mol. The van der Waals surface area contributed by atoms with Crippen molar-refractivity contribution in [1.29, 1.82) is 0 Å². The van der Waals surface area contributed by atoms with Gasteiger partial charge in [0.2, 0.25) is 6.79 Å². The van der Waals surface area contributed by atoms with E-state index in [1.165, 1.54) is 13.2 Å². The number of nitrogens with zero attached hydrogens (tertiary/aromatic N) is 1. The van der Waals surface area contributed by atoms with E-state index in [4.69, 9.17) is 23.7 Å². The number of carbonyl (C=O) groups excluding carboxylic acids is 1. The number of aromatic nitrogens is 1. The largest absolute Gasteiger partial charge is 0.478 e. The predicted molar refractivity (Wildman–Crippen MR) is 97.2 cm³/mol. The molecule has 4 heterocycles.